The number of aromatic nitrogens is 6. The summed E-state index contributed by atoms with van der Waals surface area (Å²) in [5.74, 6) is 1.69. The van der Waals surface area contributed by atoms with Crippen LogP contribution in [0.5, 0.6) is 5.75 Å². The van der Waals surface area contributed by atoms with E-state index in [0.717, 1.165) is 43.9 Å². The fraction of sp³-hybridized carbons (Fsp3) is 0.259. The molecule has 0 amide bonds. The third kappa shape index (κ3) is 5.63. The van der Waals surface area contributed by atoms with Crippen LogP contribution in [0.4, 0.5) is 11.5 Å². The van der Waals surface area contributed by atoms with E-state index in [1.54, 1.807) is 18.3 Å². The third-order valence-corrected chi connectivity index (χ3v) is 8.23. The maximum atomic E-state index is 12.3. The highest BCUT2D eigenvalue weighted by molar-refractivity contribution is 7.89. The minimum absolute atomic E-state index is 0.113. The van der Waals surface area contributed by atoms with Crippen molar-refractivity contribution in [2.24, 2.45) is 0 Å². The lowest BCUT2D eigenvalue weighted by Crippen LogP contribution is -2.35. The standard InChI is InChI=1S/C27H29N9O4S/c1-28-41(37,38)19-5-3-4-18(13-19)25-29-15-23(39-2)26(34-25)33-22-14-30-35-24(22)27-31-20-7-6-17(12-21(20)32-27)16-36-8-10-40-11-9-36/h3-7,12-15,28H,8-11,16H2,1-2H3,(H,30,35)(H,31,32)(H,29,33,34). The van der Waals surface area contributed by atoms with Gasteiger partial charge in [-0.05, 0) is 36.9 Å². The number of fused-ring (bicyclic) bond motifs is 1. The third-order valence-electron chi connectivity index (χ3n) is 6.82. The number of hydrogen-bond acceptors (Lipinski definition) is 10. The lowest BCUT2D eigenvalue weighted by molar-refractivity contribution is 0.0342. The molecule has 4 heterocycles. The second-order valence-corrected chi connectivity index (χ2v) is 11.3. The molecule has 2 aromatic carbocycles. The van der Waals surface area contributed by atoms with Crippen molar-refractivity contribution in [3.8, 4) is 28.7 Å². The monoisotopic (exact) mass is 575 g/mol. The molecule has 41 heavy (non-hydrogen) atoms. The molecular formula is C27H29N9O4S. The number of benzene rings is 2. The van der Waals surface area contributed by atoms with Gasteiger partial charge in [0.2, 0.25) is 10.0 Å². The second-order valence-electron chi connectivity index (χ2n) is 9.44. The van der Waals surface area contributed by atoms with Crippen LogP contribution in [0.25, 0.3) is 33.9 Å². The quantitative estimate of drug-likeness (QED) is 0.205. The van der Waals surface area contributed by atoms with Gasteiger partial charge in [-0.1, -0.05) is 18.2 Å². The fourth-order valence-corrected chi connectivity index (χ4v) is 5.42. The number of morpholine rings is 1. The topological polar surface area (TPSA) is 163 Å². The summed E-state index contributed by atoms with van der Waals surface area (Å²) in [7, 11) is -0.741. The number of nitrogens with one attached hydrogen (secondary N) is 4. The molecule has 1 aliphatic heterocycles. The van der Waals surface area contributed by atoms with Crippen LogP contribution in [0.15, 0.2) is 59.8 Å². The molecule has 0 aliphatic carbocycles. The Morgan fingerprint density at radius 1 is 1.12 bits per heavy atom. The molecule has 1 saturated heterocycles. The minimum atomic E-state index is -3.63. The first kappa shape index (κ1) is 26.8. The normalized spacial score (nSPS) is 14.4. The predicted molar refractivity (Wildman–Crippen MR) is 153 cm³/mol. The second kappa shape index (κ2) is 11.2. The number of H-pyrrole nitrogens is 2. The molecule has 5 aromatic rings. The van der Waals surface area contributed by atoms with Crippen molar-refractivity contribution in [3.05, 3.63) is 60.4 Å². The number of rotatable bonds is 9. The Kier molecular flexibility index (Phi) is 7.36. The van der Waals surface area contributed by atoms with Crippen molar-refractivity contribution in [2.45, 2.75) is 11.4 Å². The van der Waals surface area contributed by atoms with Gasteiger partial charge >= 0.3 is 0 Å². The maximum absolute atomic E-state index is 12.3. The van der Waals surface area contributed by atoms with E-state index in [4.69, 9.17) is 14.5 Å². The van der Waals surface area contributed by atoms with Gasteiger partial charge in [-0.3, -0.25) is 10.00 Å². The molecule has 0 unspecified atom stereocenters. The van der Waals surface area contributed by atoms with Crippen LogP contribution in [0, 0.1) is 0 Å². The van der Waals surface area contributed by atoms with E-state index in [1.165, 1.54) is 38.1 Å². The molecule has 6 rings (SSSR count). The molecule has 4 N–H and O–H groups in total. The van der Waals surface area contributed by atoms with Crippen molar-refractivity contribution in [2.75, 3.05) is 45.8 Å². The average molecular weight is 576 g/mol. The zero-order chi connectivity index (χ0) is 28.4. The summed E-state index contributed by atoms with van der Waals surface area (Å²) in [6.45, 7) is 4.19. The van der Waals surface area contributed by atoms with Crippen LogP contribution < -0.4 is 14.8 Å². The van der Waals surface area contributed by atoms with Crippen LogP contribution in [0.1, 0.15) is 5.56 Å². The number of imidazole rings is 1. The van der Waals surface area contributed by atoms with Gasteiger partial charge in [0.05, 0.1) is 48.1 Å². The summed E-state index contributed by atoms with van der Waals surface area (Å²) in [4.78, 5) is 19.7. The van der Waals surface area contributed by atoms with Gasteiger partial charge in [0.25, 0.3) is 0 Å². The van der Waals surface area contributed by atoms with Crippen LogP contribution >= 0.6 is 0 Å². The summed E-state index contributed by atoms with van der Waals surface area (Å²) in [6, 6.07) is 12.6. The molecule has 0 radical (unpaired) electrons. The summed E-state index contributed by atoms with van der Waals surface area (Å²) in [5, 5.41) is 10.6. The lowest BCUT2D eigenvalue weighted by atomic mass is 10.2. The zero-order valence-electron chi connectivity index (χ0n) is 22.5. The molecule has 1 aliphatic rings. The molecule has 0 atom stereocenters. The van der Waals surface area contributed by atoms with E-state index in [0.29, 0.717) is 40.2 Å². The van der Waals surface area contributed by atoms with Gasteiger partial charge in [0, 0.05) is 31.4 Å². The summed E-state index contributed by atoms with van der Waals surface area (Å²) in [6.07, 6.45) is 3.23. The van der Waals surface area contributed by atoms with Crippen LogP contribution in [-0.2, 0) is 21.3 Å². The Bertz CT molecular complexity index is 1800. The summed E-state index contributed by atoms with van der Waals surface area (Å²) < 4.78 is 37.9. The van der Waals surface area contributed by atoms with E-state index in [2.05, 4.69) is 52.2 Å². The first-order valence-electron chi connectivity index (χ1n) is 13.0. The Morgan fingerprint density at radius 2 is 1.98 bits per heavy atom. The molecule has 14 heteroatoms. The largest absolute Gasteiger partial charge is 0.491 e. The van der Waals surface area contributed by atoms with E-state index >= 15 is 0 Å². The number of nitrogens with zero attached hydrogens (tertiary/aromatic N) is 5. The molecule has 3 aromatic heterocycles. The van der Waals surface area contributed by atoms with Crippen LogP contribution in [-0.4, -0.2) is 83.9 Å². The summed E-state index contributed by atoms with van der Waals surface area (Å²) >= 11 is 0. The number of hydrogen-bond donors (Lipinski definition) is 4. The SMILES string of the molecule is CNS(=O)(=O)c1cccc(-c2ncc(OC)c(Nc3c[nH]nc3-c3nc4cc(CN5CCOCC5)ccc4[nH]3)n2)c1. The first-order valence-corrected chi connectivity index (χ1v) is 14.5. The highest BCUT2D eigenvalue weighted by Crippen LogP contribution is 2.32. The molecular weight excluding hydrogens is 546 g/mol. The number of sulfonamides is 1. The van der Waals surface area contributed by atoms with Gasteiger partial charge in [-0.15, -0.1) is 0 Å². The molecule has 0 saturated carbocycles. The maximum Gasteiger partial charge on any atom is 0.240 e. The molecule has 0 spiro atoms. The Labute approximate surface area is 236 Å². The van der Waals surface area contributed by atoms with E-state index in [9.17, 15) is 8.42 Å². The van der Waals surface area contributed by atoms with E-state index < -0.39 is 10.0 Å². The van der Waals surface area contributed by atoms with Crippen LogP contribution in [0.3, 0.4) is 0 Å². The first-order chi connectivity index (χ1) is 19.9. The van der Waals surface area contributed by atoms with E-state index in [1.807, 2.05) is 6.07 Å². The molecule has 0 bridgehead atoms. The number of methoxy groups -OCH3 is 1. The van der Waals surface area contributed by atoms with Crippen molar-refractivity contribution in [1.29, 1.82) is 0 Å². The van der Waals surface area contributed by atoms with Crippen LogP contribution in [0.2, 0.25) is 0 Å². The molecule has 212 valence electrons. The Morgan fingerprint density at radius 3 is 2.78 bits per heavy atom. The highest BCUT2D eigenvalue weighted by Gasteiger charge is 2.19. The van der Waals surface area contributed by atoms with Crippen molar-refractivity contribution in [3.63, 3.8) is 0 Å². The van der Waals surface area contributed by atoms with Crippen molar-refractivity contribution < 1.29 is 17.9 Å². The van der Waals surface area contributed by atoms with Crippen molar-refractivity contribution >= 4 is 32.6 Å². The van der Waals surface area contributed by atoms with Gasteiger partial charge in [0.1, 0.15) is 0 Å². The van der Waals surface area contributed by atoms with Gasteiger partial charge < -0.3 is 19.8 Å². The molecule has 13 nitrogen and oxygen atoms in total. The van der Waals surface area contributed by atoms with Gasteiger partial charge in [-0.25, -0.2) is 28.1 Å². The molecule has 1 fully saturated rings. The Balaban J connectivity index is 1.28. The van der Waals surface area contributed by atoms with Gasteiger partial charge in [0.15, 0.2) is 28.9 Å². The lowest BCUT2D eigenvalue weighted by Gasteiger charge is -2.26. The average Bonchev–Trinajstić information content (AvgIpc) is 3.64. The number of aromatic amines is 2. The zero-order valence-corrected chi connectivity index (χ0v) is 23.3. The fourth-order valence-electron chi connectivity index (χ4n) is 4.64. The smallest absolute Gasteiger partial charge is 0.240 e. The summed E-state index contributed by atoms with van der Waals surface area (Å²) in [5.41, 5.74) is 4.65. The van der Waals surface area contributed by atoms with Gasteiger partial charge in [-0.2, -0.15) is 5.10 Å². The number of ether oxygens (including phenoxy) is 2. The minimum Gasteiger partial charge on any atom is -0.491 e. The predicted octanol–water partition coefficient (Wildman–Crippen LogP) is 2.90. The highest BCUT2D eigenvalue weighted by atomic mass is 32.2. The Hall–Kier alpha value is -4.37. The number of anilines is 2. The van der Waals surface area contributed by atoms with Crippen molar-refractivity contribution in [1.82, 2.24) is 39.8 Å². The van der Waals surface area contributed by atoms with E-state index in [-0.39, 0.29) is 4.90 Å².